The van der Waals surface area contributed by atoms with E-state index < -0.39 is 0 Å². The molecular formula is C16H18N4OS2. The van der Waals surface area contributed by atoms with Crippen molar-refractivity contribution in [1.82, 2.24) is 14.9 Å². The van der Waals surface area contributed by atoms with Crippen molar-refractivity contribution in [1.29, 1.82) is 0 Å². The molecule has 2 aliphatic heterocycles. The Bertz CT molecular complexity index is 726. The maximum absolute atomic E-state index is 12.7. The van der Waals surface area contributed by atoms with Gasteiger partial charge in [0.15, 0.2) is 5.16 Å². The second-order valence-electron chi connectivity index (χ2n) is 5.88. The highest BCUT2D eigenvalue weighted by Gasteiger charge is 2.37. The van der Waals surface area contributed by atoms with Crippen molar-refractivity contribution in [2.24, 2.45) is 5.92 Å². The Morgan fingerprint density at radius 1 is 1.39 bits per heavy atom. The van der Waals surface area contributed by atoms with E-state index in [4.69, 9.17) is 0 Å². The first-order valence-corrected chi connectivity index (χ1v) is 9.81. The molecule has 0 N–H and O–H groups in total. The fourth-order valence-corrected chi connectivity index (χ4v) is 4.36. The maximum Gasteiger partial charge on any atom is 0.229 e. The van der Waals surface area contributed by atoms with Crippen LogP contribution in [-0.4, -0.2) is 46.7 Å². The summed E-state index contributed by atoms with van der Waals surface area (Å²) in [5.74, 6) is 1.31. The smallest absolute Gasteiger partial charge is 0.229 e. The Hall–Kier alpha value is -1.60. The van der Waals surface area contributed by atoms with Crippen LogP contribution < -0.4 is 4.90 Å². The predicted molar refractivity (Wildman–Crippen MR) is 93.0 cm³/mol. The number of hydrogen-bond acceptors (Lipinski definition) is 6. The monoisotopic (exact) mass is 346 g/mol. The number of anilines is 1. The Morgan fingerprint density at radius 3 is 3.09 bits per heavy atom. The van der Waals surface area contributed by atoms with Crippen LogP contribution in [0.15, 0.2) is 28.9 Å². The van der Waals surface area contributed by atoms with Gasteiger partial charge in [0.1, 0.15) is 5.82 Å². The molecule has 0 atom stereocenters. The number of nitrogens with zero attached hydrogens (tertiary/aromatic N) is 4. The first-order valence-electron chi connectivity index (χ1n) is 7.70. The van der Waals surface area contributed by atoms with E-state index in [1.807, 2.05) is 17.2 Å². The van der Waals surface area contributed by atoms with Gasteiger partial charge in [-0.15, -0.1) is 11.3 Å². The Labute approximate surface area is 143 Å². The van der Waals surface area contributed by atoms with Gasteiger partial charge in [-0.25, -0.2) is 9.97 Å². The molecule has 0 unspecified atom stereocenters. The van der Waals surface area contributed by atoms with Crippen LogP contribution in [0.25, 0.3) is 0 Å². The van der Waals surface area contributed by atoms with Gasteiger partial charge in [-0.3, -0.25) is 4.79 Å². The predicted octanol–water partition coefficient (Wildman–Crippen LogP) is 2.28. The lowest BCUT2D eigenvalue weighted by Crippen LogP contribution is -2.55. The lowest BCUT2D eigenvalue weighted by molar-refractivity contribution is -0.137. The van der Waals surface area contributed by atoms with Crippen molar-refractivity contribution in [3.05, 3.63) is 34.2 Å². The van der Waals surface area contributed by atoms with Crippen LogP contribution in [-0.2, 0) is 17.8 Å². The highest BCUT2D eigenvalue weighted by molar-refractivity contribution is 7.98. The summed E-state index contributed by atoms with van der Waals surface area (Å²) in [4.78, 5) is 27.0. The van der Waals surface area contributed by atoms with E-state index >= 15 is 0 Å². The average Bonchev–Trinajstić information content (AvgIpc) is 3.01. The fraction of sp³-hybridized carbons (Fsp3) is 0.438. The summed E-state index contributed by atoms with van der Waals surface area (Å²) in [5.41, 5.74) is 1.33. The minimum atomic E-state index is 0.0999. The molecule has 1 fully saturated rings. The van der Waals surface area contributed by atoms with Crippen molar-refractivity contribution >= 4 is 34.8 Å². The van der Waals surface area contributed by atoms with Gasteiger partial charge in [0.05, 0.1) is 5.92 Å². The van der Waals surface area contributed by atoms with Gasteiger partial charge in [-0.05, 0) is 35.8 Å². The molecule has 23 heavy (non-hydrogen) atoms. The van der Waals surface area contributed by atoms with Crippen LogP contribution in [0.4, 0.5) is 5.82 Å². The molecule has 0 saturated carbocycles. The van der Waals surface area contributed by atoms with Gasteiger partial charge >= 0.3 is 0 Å². The van der Waals surface area contributed by atoms with Crippen molar-refractivity contribution in [3.63, 3.8) is 0 Å². The standard InChI is InChI=1S/C16H18N4OS2/c1-22-16-17-5-2-14(18-16)20-9-12(10-20)15(21)19-6-3-13-11(8-19)4-7-23-13/h2,4-5,7,12H,3,6,8-10H2,1H3. The van der Waals surface area contributed by atoms with Crippen molar-refractivity contribution in [2.45, 2.75) is 18.1 Å². The molecule has 0 aliphatic carbocycles. The maximum atomic E-state index is 12.7. The van der Waals surface area contributed by atoms with Crippen LogP contribution in [0.1, 0.15) is 10.4 Å². The van der Waals surface area contributed by atoms with E-state index in [-0.39, 0.29) is 11.8 Å². The molecule has 0 radical (unpaired) electrons. The van der Waals surface area contributed by atoms with Gasteiger partial charge in [0.2, 0.25) is 5.91 Å². The number of thiophene rings is 1. The molecule has 2 aromatic rings. The molecule has 1 saturated heterocycles. The zero-order valence-corrected chi connectivity index (χ0v) is 14.6. The Kier molecular flexibility index (Phi) is 3.98. The summed E-state index contributed by atoms with van der Waals surface area (Å²) in [5, 5.41) is 2.90. The van der Waals surface area contributed by atoms with E-state index in [1.54, 1.807) is 17.5 Å². The summed E-state index contributed by atoms with van der Waals surface area (Å²) in [6.45, 7) is 3.15. The quantitative estimate of drug-likeness (QED) is 0.630. The van der Waals surface area contributed by atoms with Crippen molar-refractivity contribution in [3.8, 4) is 0 Å². The molecule has 2 aromatic heterocycles. The second kappa shape index (κ2) is 6.13. The lowest BCUT2D eigenvalue weighted by atomic mass is 9.97. The van der Waals surface area contributed by atoms with Crippen molar-refractivity contribution in [2.75, 3.05) is 30.8 Å². The second-order valence-corrected chi connectivity index (χ2v) is 7.66. The van der Waals surface area contributed by atoms with E-state index in [2.05, 4.69) is 26.3 Å². The van der Waals surface area contributed by atoms with E-state index in [0.29, 0.717) is 0 Å². The minimum absolute atomic E-state index is 0.0999. The molecular weight excluding hydrogens is 328 g/mol. The lowest BCUT2D eigenvalue weighted by Gasteiger charge is -2.42. The molecule has 2 aliphatic rings. The number of rotatable bonds is 3. The summed E-state index contributed by atoms with van der Waals surface area (Å²) >= 11 is 3.34. The summed E-state index contributed by atoms with van der Waals surface area (Å²) in [6.07, 6.45) is 4.75. The largest absolute Gasteiger partial charge is 0.355 e. The molecule has 0 bridgehead atoms. The third-order valence-electron chi connectivity index (χ3n) is 4.48. The van der Waals surface area contributed by atoms with Crippen LogP contribution in [0.3, 0.4) is 0 Å². The molecule has 1 amide bonds. The van der Waals surface area contributed by atoms with Crippen LogP contribution >= 0.6 is 23.1 Å². The minimum Gasteiger partial charge on any atom is -0.355 e. The van der Waals surface area contributed by atoms with Crippen molar-refractivity contribution < 1.29 is 4.79 Å². The molecule has 5 nitrogen and oxygen atoms in total. The van der Waals surface area contributed by atoms with Crippen LogP contribution in [0.5, 0.6) is 0 Å². The van der Waals surface area contributed by atoms with Crippen LogP contribution in [0, 0.1) is 5.92 Å². The first-order chi connectivity index (χ1) is 11.2. The first kappa shape index (κ1) is 15.0. The Morgan fingerprint density at radius 2 is 2.26 bits per heavy atom. The highest BCUT2D eigenvalue weighted by Crippen LogP contribution is 2.29. The highest BCUT2D eigenvalue weighted by atomic mass is 32.2. The summed E-state index contributed by atoms with van der Waals surface area (Å²) in [6, 6.07) is 4.07. The third-order valence-corrected chi connectivity index (χ3v) is 6.06. The molecule has 0 aromatic carbocycles. The average molecular weight is 346 g/mol. The van der Waals surface area contributed by atoms with E-state index in [1.165, 1.54) is 22.2 Å². The van der Waals surface area contributed by atoms with Gasteiger partial charge in [-0.1, -0.05) is 11.8 Å². The normalized spacial score (nSPS) is 17.8. The topological polar surface area (TPSA) is 49.3 Å². The van der Waals surface area contributed by atoms with Gasteiger partial charge in [-0.2, -0.15) is 0 Å². The van der Waals surface area contributed by atoms with E-state index in [0.717, 1.165) is 43.6 Å². The van der Waals surface area contributed by atoms with E-state index in [9.17, 15) is 4.79 Å². The zero-order valence-electron chi connectivity index (χ0n) is 12.9. The van der Waals surface area contributed by atoms with Gasteiger partial charge in [0, 0.05) is 37.3 Å². The number of fused-ring (bicyclic) bond motifs is 1. The zero-order chi connectivity index (χ0) is 15.8. The van der Waals surface area contributed by atoms with Crippen LogP contribution in [0.2, 0.25) is 0 Å². The number of hydrogen-bond donors (Lipinski definition) is 0. The van der Waals surface area contributed by atoms with Gasteiger partial charge in [0.25, 0.3) is 0 Å². The number of amides is 1. The number of aromatic nitrogens is 2. The SMILES string of the molecule is CSc1nccc(N2CC(C(=O)N3CCc4sccc4C3)C2)n1. The molecule has 4 heterocycles. The third kappa shape index (κ3) is 2.83. The number of carbonyl (C=O) groups excluding carboxylic acids is 1. The summed E-state index contributed by atoms with van der Waals surface area (Å²) < 4.78 is 0. The molecule has 4 rings (SSSR count). The molecule has 7 heteroatoms. The number of thioether (sulfide) groups is 1. The number of carbonyl (C=O) groups is 1. The van der Waals surface area contributed by atoms with Gasteiger partial charge < -0.3 is 9.80 Å². The summed E-state index contributed by atoms with van der Waals surface area (Å²) in [7, 11) is 0. The Balaban J connectivity index is 1.37. The molecule has 0 spiro atoms. The molecule has 120 valence electrons. The fourth-order valence-electron chi connectivity index (χ4n) is 3.12.